The summed E-state index contributed by atoms with van der Waals surface area (Å²) in [4.78, 5) is 38.0. The van der Waals surface area contributed by atoms with Crippen molar-refractivity contribution in [3.63, 3.8) is 0 Å². The minimum atomic E-state index is -0.849. The summed E-state index contributed by atoms with van der Waals surface area (Å²) in [7, 11) is 0. The van der Waals surface area contributed by atoms with Gasteiger partial charge >= 0.3 is 6.09 Å². The molecule has 0 bridgehead atoms. The molecule has 4 heterocycles. The number of aromatic nitrogens is 2. The molecule has 2 aromatic heterocycles. The van der Waals surface area contributed by atoms with Crippen molar-refractivity contribution in [2.75, 3.05) is 37.6 Å². The number of anilines is 1. The lowest BCUT2D eigenvalue weighted by atomic mass is 10.1. The van der Waals surface area contributed by atoms with Gasteiger partial charge in [0.05, 0.1) is 5.69 Å². The van der Waals surface area contributed by atoms with E-state index in [0.717, 1.165) is 35.7 Å². The molecular formula is C22H27N5O3. The summed E-state index contributed by atoms with van der Waals surface area (Å²) < 4.78 is 0. The fourth-order valence-corrected chi connectivity index (χ4v) is 4.21. The average Bonchev–Trinajstić information content (AvgIpc) is 2.75. The summed E-state index contributed by atoms with van der Waals surface area (Å²) in [5, 5.41) is 9.23. The van der Waals surface area contributed by atoms with Crippen LogP contribution in [0.1, 0.15) is 25.3 Å². The second-order valence-corrected chi connectivity index (χ2v) is 8.01. The molecule has 1 N–H and O–H groups in total. The quantitative estimate of drug-likeness (QED) is 0.830. The van der Waals surface area contributed by atoms with Gasteiger partial charge in [0.15, 0.2) is 0 Å². The van der Waals surface area contributed by atoms with Crippen LogP contribution in [0.4, 0.5) is 10.6 Å². The Morgan fingerprint density at radius 2 is 1.93 bits per heavy atom. The van der Waals surface area contributed by atoms with Crippen molar-refractivity contribution in [2.24, 2.45) is 0 Å². The first-order valence-electron chi connectivity index (χ1n) is 10.4. The van der Waals surface area contributed by atoms with Gasteiger partial charge in [0.2, 0.25) is 0 Å². The minimum Gasteiger partial charge on any atom is -0.465 e. The van der Waals surface area contributed by atoms with Crippen LogP contribution in [0.15, 0.2) is 36.7 Å². The molecule has 0 unspecified atom stereocenters. The van der Waals surface area contributed by atoms with Crippen LogP contribution in [-0.2, 0) is 11.3 Å². The van der Waals surface area contributed by atoms with Gasteiger partial charge < -0.3 is 14.9 Å². The number of carboxylic acid groups (broad SMARTS) is 1. The number of ketones is 1. The van der Waals surface area contributed by atoms with Crippen molar-refractivity contribution >= 4 is 17.7 Å². The van der Waals surface area contributed by atoms with Crippen LogP contribution in [0.2, 0.25) is 0 Å². The van der Waals surface area contributed by atoms with Crippen LogP contribution in [0.3, 0.4) is 0 Å². The van der Waals surface area contributed by atoms with Gasteiger partial charge in [-0.15, -0.1) is 0 Å². The molecule has 0 aliphatic carbocycles. The lowest BCUT2D eigenvalue weighted by molar-refractivity contribution is -0.119. The van der Waals surface area contributed by atoms with Crippen molar-refractivity contribution in [3.05, 3.63) is 42.2 Å². The fraction of sp³-hybridized carbons (Fsp3) is 0.455. The first-order chi connectivity index (χ1) is 14.5. The number of piperazine rings is 1. The number of piperidine rings is 1. The van der Waals surface area contributed by atoms with Gasteiger partial charge in [0.1, 0.15) is 11.6 Å². The summed E-state index contributed by atoms with van der Waals surface area (Å²) in [5.74, 6) is 1.19. The Labute approximate surface area is 176 Å². The van der Waals surface area contributed by atoms with Gasteiger partial charge in [0.25, 0.3) is 0 Å². The number of amides is 1. The number of Topliss-reactive ketones (excluding diaryl/α,β-unsaturated/α-hetero) is 1. The summed E-state index contributed by atoms with van der Waals surface area (Å²) in [6.07, 6.45) is 3.95. The van der Waals surface area contributed by atoms with E-state index >= 15 is 0 Å². The molecule has 30 heavy (non-hydrogen) atoms. The molecule has 2 aromatic rings. The second-order valence-electron chi connectivity index (χ2n) is 8.01. The molecule has 8 heteroatoms. The molecule has 8 nitrogen and oxygen atoms in total. The number of carbonyl (C=O) groups is 2. The van der Waals surface area contributed by atoms with Gasteiger partial charge in [-0.25, -0.2) is 9.78 Å². The third-order valence-corrected chi connectivity index (χ3v) is 5.87. The Morgan fingerprint density at radius 3 is 2.60 bits per heavy atom. The molecule has 1 amide bonds. The Hall–Kier alpha value is -3.00. The topological polar surface area (TPSA) is 89.9 Å². The van der Waals surface area contributed by atoms with Gasteiger partial charge in [0, 0.05) is 76.1 Å². The van der Waals surface area contributed by atoms with E-state index in [2.05, 4.69) is 25.8 Å². The second kappa shape index (κ2) is 8.79. The number of carbonyl (C=O) groups excluding carboxylic acids is 1. The summed E-state index contributed by atoms with van der Waals surface area (Å²) in [6.45, 7) is 6.05. The molecule has 2 aliphatic heterocycles. The predicted molar refractivity (Wildman–Crippen MR) is 113 cm³/mol. The lowest BCUT2D eigenvalue weighted by Crippen LogP contribution is -2.53. The molecule has 2 saturated heterocycles. The van der Waals surface area contributed by atoms with E-state index in [-0.39, 0.29) is 6.04 Å². The first kappa shape index (κ1) is 20.3. The molecule has 2 fully saturated rings. The highest BCUT2D eigenvalue weighted by molar-refractivity contribution is 5.82. The molecule has 4 rings (SSSR count). The van der Waals surface area contributed by atoms with E-state index in [0.29, 0.717) is 44.8 Å². The van der Waals surface area contributed by atoms with E-state index in [1.54, 1.807) is 6.20 Å². The number of hydrogen-bond donors (Lipinski definition) is 1. The number of rotatable bonds is 4. The zero-order chi connectivity index (χ0) is 21.1. The largest absolute Gasteiger partial charge is 0.465 e. The highest BCUT2D eigenvalue weighted by Gasteiger charge is 2.27. The van der Waals surface area contributed by atoms with E-state index in [9.17, 15) is 14.7 Å². The number of hydrogen-bond acceptors (Lipinski definition) is 6. The first-order valence-corrected chi connectivity index (χ1v) is 10.4. The van der Waals surface area contributed by atoms with Gasteiger partial charge in [-0.3, -0.25) is 14.7 Å². The monoisotopic (exact) mass is 409 g/mol. The predicted octanol–water partition coefficient (Wildman–Crippen LogP) is 2.50. The SMILES string of the molecule is C[C@H]1CN(Cc2ccc(-c3cccnc3N3CCC(=O)CC3)nc2)CCN1C(=O)O. The number of nitrogens with zero attached hydrogens (tertiary/aromatic N) is 5. The zero-order valence-electron chi connectivity index (χ0n) is 17.2. The van der Waals surface area contributed by atoms with E-state index in [1.165, 1.54) is 4.90 Å². The maximum absolute atomic E-state index is 11.6. The fourth-order valence-electron chi connectivity index (χ4n) is 4.21. The van der Waals surface area contributed by atoms with Gasteiger partial charge in [-0.05, 0) is 30.7 Å². The van der Waals surface area contributed by atoms with Crippen molar-refractivity contribution in [1.29, 1.82) is 0 Å². The molecule has 0 saturated carbocycles. The Balaban J connectivity index is 1.45. The lowest BCUT2D eigenvalue weighted by Gasteiger charge is -2.38. The smallest absolute Gasteiger partial charge is 0.407 e. The van der Waals surface area contributed by atoms with Crippen molar-refractivity contribution in [2.45, 2.75) is 32.4 Å². The minimum absolute atomic E-state index is 0.0159. The maximum atomic E-state index is 11.6. The summed E-state index contributed by atoms with van der Waals surface area (Å²) >= 11 is 0. The van der Waals surface area contributed by atoms with Crippen LogP contribution >= 0.6 is 0 Å². The van der Waals surface area contributed by atoms with E-state index in [1.807, 2.05) is 31.3 Å². The molecule has 2 aliphatic rings. The van der Waals surface area contributed by atoms with E-state index in [4.69, 9.17) is 0 Å². The van der Waals surface area contributed by atoms with Crippen molar-refractivity contribution in [3.8, 4) is 11.3 Å². The molecule has 0 radical (unpaired) electrons. The summed E-state index contributed by atoms with van der Waals surface area (Å²) in [5.41, 5.74) is 2.94. The van der Waals surface area contributed by atoms with Crippen molar-refractivity contribution < 1.29 is 14.7 Å². The summed E-state index contributed by atoms with van der Waals surface area (Å²) in [6, 6.07) is 8.01. The standard InChI is InChI=1S/C22H27N5O3/c1-16-14-25(11-12-27(16)22(29)30)15-17-4-5-20(24-13-17)19-3-2-8-23-21(19)26-9-6-18(28)7-10-26/h2-5,8,13,16H,6-7,9-12,14-15H2,1H3,(H,29,30)/t16-/m0/s1. The third-order valence-electron chi connectivity index (χ3n) is 5.87. The average molecular weight is 409 g/mol. The van der Waals surface area contributed by atoms with Crippen molar-refractivity contribution in [1.82, 2.24) is 19.8 Å². The molecule has 0 spiro atoms. The van der Waals surface area contributed by atoms with Crippen LogP contribution < -0.4 is 4.90 Å². The highest BCUT2D eigenvalue weighted by Crippen LogP contribution is 2.29. The van der Waals surface area contributed by atoms with Crippen LogP contribution in [-0.4, -0.2) is 75.5 Å². The number of pyridine rings is 2. The molecule has 158 valence electrons. The highest BCUT2D eigenvalue weighted by atomic mass is 16.4. The third kappa shape index (κ3) is 4.43. The maximum Gasteiger partial charge on any atom is 0.407 e. The van der Waals surface area contributed by atoms with Crippen LogP contribution in [0.5, 0.6) is 0 Å². The molecular weight excluding hydrogens is 382 g/mol. The Bertz CT molecular complexity index is 907. The Kier molecular flexibility index (Phi) is 5.94. The molecule has 0 aromatic carbocycles. The zero-order valence-corrected chi connectivity index (χ0v) is 17.2. The van der Waals surface area contributed by atoms with Gasteiger partial charge in [-0.1, -0.05) is 6.07 Å². The molecule has 1 atom stereocenters. The normalized spacial score (nSPS) is 20.4. The van der Waals surface area contributed by atoms with E-state index < -0.39 is 6.09 Å². The Morgan fingerprint density at radius 1 is 1.13 bits per heavy atom. The van der Waals surface area contributed by atoms with Gasteiger partial charge in [-0.2, -0.15) is 0 Å². The van der Waals surface area contributed by atoms with Crippen LogP contribution in [0.25, 0.3) is 11.3 Å². The van der Waals surface area contributed by atoms with Crippen LogP contribution in [0, 0.1) is 0 Å².